The summed E-state index contributed by atoms with van der Waals surface area (Å²) in [4.78, 5) is 17.8. The fraction of sp³-hybridized carbons (Fsp3) is 0.960. The van der Waals surface area contributed by atoms with Crippen molar-refractivity contribution in [3.05, 3.63) is 0 Å². The van der Waals surface area contributed by atoms with Gasteiger partial charge < -0.3 is 9.79 Å². The maximum absolute atomic E-state index is 10.9. The van der Waals surface area contributed by atoms with Gasteiger partial charge in [-0.15, -0.1) is 12.6 Å². The minimum atomic E-state index is -4.51. The summed E-state index contributed by atoms with van der Waals surface area (Å²) < 4.78 is 15.8. The van der Waals surface area contributed by atoms with Gasteiger partial charge in [0.25, 0.3) is 0 Å². The van der Waals surface area contributed by atoms with Crippen molar-refractivity contribution in [1.82, 2.24) is 0 Å². The summed E-state index contributed by atoms with van der Waals surface area (Å²) in [5, 5.41) is 0. The van der Waals surface area contributed by atoms with Gasteiger partial charge in [0.05, 0.1) is 4.20 Å². The van der Waals surface area contributed by atoms with Crippen molar-refractivity contribution < 1.29 is 18.9 Å². The monoisotopic (exact) mass is 510 g/mol. The molecule has 0 aromatic rings. The molecule has 4 nitrogen and oxygen atoms in total. The number of phosphoric ester groups is 1. The highest BCUT2D eigenvalue weighted by molar-refractivity contribution is 8.11. The van der Waals surface area contributed by atoms with Gasteiger partial charge in [0.1, 0.15) is 6.10 Å². The molecule has 0 saturated heterocycles. The van der Waals surface area contributed by atoms with Crippen LogP contribution in [0, 0.1) is 0 Å². The van der Waals surface area contributed by atoms with Crippen LogP contribution >= 0.6 is 32.7 Å². The lowest BCUT2D eigenvalue weighted by atomic mass is 10.0. The van der Waals surface area contributed by atoms with E-state index >= 15 is 0 Å². The Morgan fingerprint density at radius 1 is 0.688 bits per heavy atom. The molecular formula is C25H51O4PS2. The molecule has 0 aliphatic heterocycles. The number of rotatable bonds is 25. The Hall–Kier alpha value is 0.550. The van der Waals surface area contributed by atoms with Crippen LogP contribution in [0.1, 0.15) is 148 Å². The molecule has 32 heavy (non-hydrogen) atoms. The summed E-state index contributed by atoms with van der Waals surface area (Å²) in [6.07, 6.45) is 27.8. The molecule has 192 valence electrons. The second kappa shape index (κ2) is 23.3. The third-order valence-corrected chi connectivity index (χ3v) is 7.19. The molecule has 7 heteroatoms. The van der Waals surface area contributed by atoms with E-state index < -0.39 is 13.9 Å². The topological polar surface area (TPSA) is 66.8 Å². The molecule has 0 bridgehead atoms. The summed E-state index contributed by atoms with van der Waals surface area (Å²) in [5.74, 6) is 0. The summed E-state index contributed by atoms with van der Waals surface area (Å²) in [7, 11) is -4.51. The first-order valence-corrected chi connectivity index (χ1v) is 15.7. The number of hydrogen-bond donors (Lipinski definition) is 3. The van der Waals surface area contributed by atoms with Crippen molar-refractivity contribution in [2.24, 2.45) is 0 Å². The Bertz CT molecular complexity index is 471. The molecule has 2 N–H and O–H groups in total. The molecule has 0 amide bonds. The van der Waals surface area contributed by atoms with Crippen LogP contribution in [0.25, 0.3) is 0 Å². The highest BCUT2D eigenvalue weighted by Gasteiger charge is 2.23. The minimum Gasteiger partial charge on any atom is -0.303 e. The Balaban J connectivity index is 3.26. The van der Waals surface area contributed by atoms with Crippen LogP contribution < -0.4 is 0 Å². The number of unbranched alkanes of at least 4 members (excludes halogenated alkanes) is 20. The lowest BCUT2D eigenvalue weighted by Crippen LogP contribution is -2.17. The van der Waals surface area contributed by atoms with Crippen LogP contribution in [-0.4, -0.2) is 20.1 Å². The predicted molar refractivity (Wildman–Crippen MR) is 146 cm³/mol. The number of phosphoric acid groups is 1. The maximum Gasteiger partial charge on any atom is 0.470 e. The smallest absolute Gasteiger partial charge is 0.303 e. The van der Waals surface area contributed by atoms with Gasteiger partial charge in [0.2, 0.25) is 0 Å². The number of thiol groups is 1. The molecule has 0 saturated carbocycles. The molecule has 0 fully saturated rings. The normalized spacial score (nSPS) is 12.9. The molecule has 0 radical (unpaired) electrons. The first-order valence-electron chi connectivity index (χ1n) is 13.3. The molecule has 0 spiro atoms. The van der Waals surface area contributed by atoms with E-state index in [-0.39, 0.29) is 4.20 Å². The van der Waals surface area contributed by atoms with Gasteiger partial charge in [-0.1, -0.05) is 154 Å². The van der Waals surface area contributed by atoms with E-state index in [4.69, 9.17) is 26.5 Å². The highest BCUT2D eigenvalue weighted by atomic mass is 32.1. The quantitative estimate of drug-likeness (QED) is 0.0494. The van der Waals surface area contributed by atoms with E-state index in [9.17, 15) is 4.57 Å². The molecule has 0 aromatic carbocycles. The van der Waals surface area contributed by atoms with Gasteiger partial charge in [-0.05, 0) is 6.42 Å². The van der Waals surface area contributed by atoms with Crippen molar-refractivity contribution in [2.45, 2.75) is 154 Å². The van der Waals surface area contributed by atoms with Crippen LogP contribution in [0.2, 0.25) is 0 Å². The first-order chi connectivity index (χ1) is 15.4. The number of thiocarbonyl (C=S) groups is 1. The van der Waals surface area contributed by atoms with Gasteiger partial charge in [-0.3, -0.25) is 4.52 Å². The van der Waals surface area contributed by atoms with Crippen molar-refractivity contribution in [2.75, 3.05) is 0 Å². The molecule has 0 rings (SSSR count). The SMILES string of the molecule is CCCCCCCCCCCCCCCCCCCCCCCC(OP(=O)(O)O)C(=S)S. The molecule has 0 aliphatic carbocycles. The molecule has 0 aromatic heterocycles. The van der Waals surface area contributed by atoms with Crippen LogP contribution in [0.15, 0.2) is 0 Å². The summed E-state index contributed by atoms with van der Waals surface area (Å²) >= 11 is 8.93. The van der Waals surface area contributed by atoms with Crippen molar-refractivity contribution >= 4 is 36.9 Å². The van der Waals surface area contributed by atoms with E-state index in [1.54, 1.807) is 0 Å². The fourth-order valence-electron chi connectivity index (χ4n) is 4.15. The van der Waals surface area contributed by atoms with Gasteiger partial charge in [-0.25, -0.2) is 4.57 Å². The average Bonchev–Trinajstić information content (AvgIpc) is 2.73. The highest BCUT2D eigenvalue weighted by Crippen LogP contribution is 2.39. The van der Waals surface area contributed by atoms with Crippen molar-refractivity contribution in [3.63, 3.8) is 0 Å². The zero-order valence-corrected chi connectivity index (χ0v) is 23.3. The van der Waals surface area contributed by atoms with E-state index in [1.807, 2.05) is 0 Å². The molecule has 0 heterocycles. The summed E-state index contributed by atoms with van der Waals surface area (Å²) in [5.41, 5.74) is 0. The second-order valence-electron chi connectivity index (χ2n) is 9.28. The molecule has 0 aliphatic rings. The van der Waals surface area contributed by atoms with E-state index in [1.165, 1.54) is 116 Å². The molecule has 1 atom stereocenters. The van der Waals surface area contributed by atoms with Crippen LogP contribution in [0.5, 0.6) is 0 Å². The largest absolute Gasteiger partial charge is 0.470 e. The Morgan fingerprint density at radius 2 is 0.969 bits per heavy atom. The molecule has 1 unspecified atom stereocenters. The van der Waals surface area contributed by atoms with Gasteiger partial charge >= 0.3 is 7.82 Å². The van der Waals surface area contributed by atoms with Gasteiger partial charge in [0.15, 0.2) is 0 Å². The zero-order valence-electron chi connectivity index (χ0n) is 20.6. The Morgan fingerprint density at radius 3 is 1.22 bits per heavy atom. The Labute approximate surface area is 209 Å². The summed E-state index contributed by atoms with van der Waals surface area (Å²) in [6.45, 7) is 2.28. The number of hydrogen-bond acceptors (Lipinski definition) is 3. The van der Waals surface area contributed by atoms with Gasteiger partial charge in [0, 0.05) is 0 Å². The lowest BCUT2D eigenvalue weighted by Gasteiger charge is -2.16. The van der Waals surface area contributed by atoms with Gasteiger partial charge in [-0.2, -0.15) is 0 Å². The van der Waals surface area contributed by atoms with Crippen LogP contribution in [-0.2, 0) is 9.09 Å². The fourth-order valence-corrected chi connectivity index (χ4v) is 5.19. The summed E-state index contributed by atoms with van der Waals surface area (Å²) in [6, 6.07) is 0. The van der Waals surface area contributed by atoms with Crippen LogP contribution in [0.4, 0.5) is 0 Å². The minimum absolute atomic E-state index is 0.210. The van der Waals surface area contributed by atoms with Crippen molar-refractivity contribution in [3.8, 4) is 0 Å². The van der Waals surface area contributed by atoms with Crippen LogP contribution in [0.3, 0.4) is 0 Å². The van der Waals surface area contributed by atoms with E-state index in [2.05, 4.69) is 19.6 Å². The lowest BCUT2D eigenvalue weighted by molar-refractivity contribution is 0.166. The standard InChI is InChI=1S/C25H51O4PS2/c1-2-3-4-5-6-7-8-9-10-11-12-13-14-15-16-17-18-19-20-21-22-23-24(25(31)32)29-30(26,27)28/h24H,2-23H2,1H3,(H,31,32)(H2,26,27,28). The second-order valence-corrected chi connectivity index (χ2v) is 11.7. The maximum atomic E-state index is 10.9. The Kier molecular flexibility index (Phi) is 23.7. The molecular weight excluding hydrogens is 459 g/mol. The van der Waals surface area contributed by atoms with E-state index in [0.717, 1.165) is 19.3 Å². The zero-order chi connectivity index (χ0) is 23.9. The predicted octanol–water partition coefficient (Wildman–Crippen LogP) is 9.32. The van der Waals surface area contributed by atoms with E-state index in [0.29, 0.717) is 6.42 Å². The van der Waals surface area contributed by atoms with Crippen molar-refractivity contribution in [1.29, 1.82) is 0 Å². The third kappa shape index (κ3) is 25.2. The first kappa shape index (κ1) is 32.5. The average molecular weight is 511 g/mol. The third-order valence-electron chi connectivity index (χ3n) is 6.11.